The van der Waals surface area contributed by atoms with E-state index < -0.39 is 0 Å². The molecule has 4 heteroatoms. The molecule has 0 heterocycles. The van der Waals surface area contributed by atoms with Crippen molar-refractivity contribution < 1.29 is 15.3 Å². The van der Waals surface area contributed by atoms with Gasteiger partial charge in [-0.3, -0.25) is 10.4 Å². The van der Waals surface area contributed by atoms with E-state index in [4.69, 9.17) is 15.3 Å². The molecule has 0 aromatic rings. The number of rotatable bonds is 2. The van der Waals surface area contributed by atoms with Crippen molar-refractivity contribution in [1.29, 1.82) is 0 Å². The first kappa shape index (κ1) is 10.0. The molecule has 15 heavy (non-hydrogen) atoms. The summed E-state index contributed by atoms with van der Waals surface area (Å²) in [4.78, 5) is 5.26. The Balaban J connectivity index is 1.86. The van der Waals surface area contributed by atoms with Gasteiger partial charge in [-0.25, -0.2) is 4.84 Å². The minimum Gasteiger partial charge on any atom is -0.266 e. The van der Waals surface area contributed by atoms with Gasteiger partial charge in [0.05, 0.1) is 11.0 Å². The molecule has 4 bridgehead atoms. The Kier molecular flexibility index (Phi) is 1.97. The van der Waals surface area contributed by atoms with Crippen molar-refractivity contribution in [2.45, 2.75) is 51.0 Å². The Hall–Kier alpha value is -0.160. The molecule has 2 N–H and O–H groups in total. The molecular formula is C11H19NO3. The highest BCUT2D eigenvalue weighted by atomic mass is 17.1. The lowest BCUT2D eigenvalue weighted by atomic mass is 9.48. The Morgan fingerprint density at radius 1 is 1.13 bits per heavy atom. The monoisotopic (exact) mass is 213 g/mol. The predicted molar refractivity (Wildman–Crippen MR) is 52.0 cm³/mol. The predicted octanol–water partition coefficient (Wildman–Crippen LogP) is 2.36. The van der Waals surface area contributed by atoms with Crippen molar-refractivity contribution in [3.05, 3.63) is 0 Å². The maximum atomic E-state index is 8.86. The minimum absolute atomic E-state index is 0.0729. The Labute approximate surface area is 89.7 Å². The zero-order valence-corrected chi connectivity index (χ0v) is 9.15. The molecule has 4 aliphatic carbocycles. The smallest absolute Gasteiger partial charge is 0.0961 e. The van der Waals surface area contributed by atoms with Crippen LogP contribution in [-0.4, -0.2) is 21.4 Å². The summed E-state index contributed by atoms with van der Waals surface area (Å²) < 4.78 is 0. The van der Waals surface area contributed by atoms with Gasteiger partial charge in [-0.15, -0.1) is 0 Å². The molecule has 4 rings (SSSR count). The van der Waals surface area contributed by atoms with E-state index in [2.05, 4.69) is 6.92 Å². The van der Waals surface area contributed by atoms with E-state index in [1.54, 1.807) is 0 Å². The number of hydrogen-bond donors (Lipinski definition) is 2. The highest BCUT2D eigenvalue weighted by molar-refractivity contribution is 5.07. The van der Waals surface area contributed by atoms with Gasteiger partial charge in [0.15, 0.2) is 0 Å². The van der Waals surface area contributed by atoms with E-state index in [9.17, 15) is 0 Å². The van der Waals surface area contributed by atoms with Gasteiger partial charge in [0, 0.05) is 0 Å². The fourth-order valence-corrected chi connectivity index (χ4v) is 4.91. The molecule has 2 unspecified atom stereocenters. The van der Waals surface area contributed by atoms with E-state index in [0.29, 0.717) is 5.41 Å². The second-order valence-electron chi connectivity index (χ2n) is 6.30. The van der Waals surface area contributed by atoms with Crippen molar-refractivity contribution in [1.82, 2.24) is 5.39 Å². The lowest BCUT2D eigenvalue weighted by Gasteiger charge is -2.60. The molecule has 4 aliphatic rings. The Morgan fingerprint density at radius 2 is 1.73 bits per heavy atom. The Bertz CT molecular complexity index is 259. The fraction of sp³-hybridized carbons (Fsp3) is 1.00. The van der Waals surface area contributed by atoms with Crippen LogP contribution in [0.5, 0.6) is 0 Å². The summed E-state index contributed by atoms with van der Waals surface area (Å²) >= 11 is 0. The van der Waals surface area contributed by atoms with Gasteiger partial charge < -0.3 is 0 Å². The first-order valence-electron chi connectivity index (χ1n) is 5.86. The fourth-order valence-electron chi connectivity index (χ4n) is 4.91. The van der Waals surface area contributed by atoms with Crippen LogP contribution in [0.3, 0.4) is 0 Å². The molecule has 0 aromatic carbocycles. The van der Waals surface area contributed by atoms with Gasteiger partial charge in [0.2, 0.25) is 0 Å². The second-order valence-corrected chi connectivity index (χ2v) is 6.30. The third-order valence-corrected chi connectivity index (χ3v) is 4.58. The van der Waals surface area contributed by atoms with Gasteiger partial charge in [-0.1, -0.05) is 6.92 Å². The molecule has 0 aliphatic heterocycles. The standard InChI is InChI=1S/C11H19NO3/c1-10-3-8-2-9(4-10)6-11(5-8,7-10)15-12(13)14/h8-9,13-14H,2-7H2,1H3. The molecule has 0 spiro atoms. The molecule has 4 saturated carbocycles. The largest absolute Gasteiger partial charge is 0.266 e. The van der Waals surface area contributed by atoms with E-state index in [1.165, 1.54) is 19.3 Å². The maximum Gasteiger partial charge on any atom is 0.0961 e. The average molecular weight is 213 g/mol. The summed E-state index contributed by atoms with van der Waals surface area (Å²) in [6.45, 7) is 2.32. The lowest BCUT2D eigenvalue weighted by molar-refractivity contribution is -0.530. The van der Waals surface area contributed by atoms with Crippen LogP contribution in [0.25, 0.3) is 0 Å². The molecular weight excluding hydrogens is 194 g/mol. The molecule has 0 aromatic heterocycles. The molecule has 4 fully saturated rings. The van der Waals surface area contributed by atoms with Gasteiger partial charge in [-0.05, 0) is 55.8 Å². The normalized spacial score (nSPS) is 52.8. The van der Waals surface area contributed by atoms with Gasteiger partial charge in [0.1, 0.15) is 0 Å². The van der Waals surface area contributed by atoms with E-state index in [-0.39, 0.29) is 11.0 Å². The van der Waals surface area contributed by atoms with Gasteiger partial charge in [-0.2, -0.15) is 0 Å². The highest BCUT2D eigenvalue weighted by Gasteiger charge is 2.57. The average Bonchev–Trinajstić information content (AvgIpc) is 1.94. The van der Waals surface area contributed by atoms with Gasteiger partial charge in [0.25, 0.3) is 0 Å². The summed E-state index contributed by atoms with van der Waals surface area (Å²) in [5, 5.41) is 17.7. The van der Waals surface area contributed by atoms with E-state index in [0.717, 1.165) is 31.1 Å². The number of nitrogens with zero attached hydrogens (tertiary/aromatic N) is 1. The zero-order chi connectivity index (χ0) is 10.7. The Morgan fingerprint density at radius 3 is 2.20 bits per heavy atom. The summed E-state index contributed by atoms with van der Waals surface area (Å²) in [5.74, 6) is 1.47. The molecule has 86 valence electrons. The third-order valence-electron chi connectivity index (χ3n) is 4.58. The van der Waals surface area contributed by atoms with Crippen molar-refractivity contribution in [3.8, 4) is 0 Å². The highest BCUT2D eigenvalue weighted by Crippen LogP contribution is 2.62. The maximum absolute atomic E-state index is 8.86. The van der Waals surface area contributed by atoms with E-state index in [1.807, 2.05) is 0 Å². The van der Waals surface area contributed by atoms with Crippen molar-refractivity contribution in [3.63, 3.8) is 0 Å². The van der Waals surface area contributed by atoms with Crippen LogP contribution in [0.15, 0.2) is 0 Å². The molecule has 0 saturated heterocycles. The SMILES string of the molecule is CC12CC3CC(C1)CC(ON(O)O)(C3)C2. The second kappa shape index (κ2) is 2.94. The molecule has 2 atom stereocenters. The van der Waals surface area contributed by atoms with Crippen LogP contribution in [0.1, 0.15) is 45.4 Å². The summed E-state index contributed by atoms with van der Waals surface area (Å²) in [6, 6.07) is 0. The van der Waals surface area contributed by atoms with Crippen LogP contribution in [0.4, 0.5) is 0 Å². The van der Waals surface area contributed by atoms with Crippen LogP contribution >= 0.6 is 0 Å². The zero-order valence-electron chi connectivity index (χ0n) is 9.15. The minimum atomic E-state index is -0.289. The van der Waals surface area contributed by atoms with Crippen molar-refractivity contribution in [2.75, 3.05) is 0 Å². The van der Waals surface area contributed by atoms with Crippen LogP contribution < -0.4 is 0 Å². The quantitative estimate of drug-likeness (QED) is 0.691. The molecule has 4 nitrogen and oxygen atoms in total. The summed E-state index contributed by atoms with van der Waals surface area (Å²) in [7, 11) is 0. The first-order valence-corrected chi connectivity index (χ1v) is 5.86. The summed E-state index contributed by atoms with van der Waals surface area (Å²) in [5.41, 5.74) is 0.0857. The van der Waals surface area contributed by atoms with Crippen LogP contribution in [-0.2, 0) is 4.84 Å². The van der Waals surface area contributed by atoms with Gasteiger partial charge >= 0.3 is 0 Å². The summed E-state index contributed by atoms with van der Waals surface area (Å²) in [6.07, 6.45) is 6.88. The third kappa shape index (κ3) is 1.60. The first-order chi connectivity index (χ1) is 6.99. The number of hydrogen-bond acceptors (Lipinski definition) is 4. The van der Waals surface area contributed by atoms with Crippen molar-refractivity contribution in [2.24, 2.45) is 17.3 Å². The van der Waals surface area contributed by atoms with Crippen molar-refractivity contribution >= 4 is 0 Å². The lowest BCUT2D eigenvalue weighted by Crippen LogP contribution is -2.57. The van der Waals surface area contributed by atoms with Crippen LogP contribution in [0, 0.1) is 17.3 Å². The molecule has 0 radical (unpaired) electrons. The van der Waals surface area contributed by atoms with E-state index >= 15 is 0 Å². The van der Waals surface area contributed by atoms with Crippen LogP contribution in [0.2, 0.25) is 0 Å². The topological polar surface area (TPSA) is 52.9 Å². The molecule has 0 amide bonds.